The zero-order valence-corrected chi connectivity index (χ0v) is 14.3. The molecule has 1 aliphatic heterocycles. The van der Waals surface area contributed by atoms with Crippen molar-refractivity contribution in [3.63, 3.8) is 0 Å². The van der Waals surface area contributed by atoms with Crippen LogP contribution in [0.15, 0.2) is 10.6 Å². The van der Waals surface area contributed by atoms with E-state index in [1.54, 1.807) is 0 Å². The minimum atomic E-state index is -0.0368. The number of nitrogens with one attached hydrogen (secondary N) is 1. The highest BCUT2D eigenvalue weighted by atomic mass is 16.5. The Labute approximate surface area is 138 Å². The summed E-state index contributed by atoms with van der Waals surface area (Å²) in [5.41, 5.74) is 0.927. The fourth-order valence-electron chi connectivity index (χ4n) is 3.58. The average Bonchev–Trinajstić information content (AvgIpc) is 3.19. The molecule has 1 aromatic heterocycles. The number of aromatic nitrogens is 1. The number of piperazine rings is 1. The second kappa shape index (κ2) is 7.45. The summed E-state index contributed by atoms with van der Waals surface area (Å²) in [7, 11) is 0. The third-order valence-electron chi connectivity index (χ3n) is 5.09. The van der Waals surface area contributed by atoms with Gasteiger partial charge in [0.05, 0.1) is 18.3 Å². The molecule has 1 amide bonds. The van der Waals surface area contributed by atoms with E-state index < -0.39 is 0 Å². The van der Waals surface area contributed by atoms with E-state index in [1.807, 2.05) is 19.9 Å². The van der Waals surface area contributed by atoms with Gasteiger partial charge in [-0.25, -0.2) is 0 Å². The van der Waals surface area contributed by atoms with Crippen molar-refractivity contribution in [2.45, 2.75) is 58.2 Å². The minimum absolute atomic E-state index is 0.0368. The molecule has 1 atom stereocenters. The Morgan fingerprint density at radius 3 is 2.65 bits per heavy atom. The van der Waals surface area contributed by atoms with Crippen molar-refractivity contribution in [3.8, 4) is 0 Å². The van der Waals surface area contributed by atoms with Gasteiger partial charge in [-0.3, -0.25) is 14.6 Å². The molecule has 2 aliphatic rings. The second-order valence-electron chi connectivity index (χ2n) is 6.91. The minimum Gasteiger partial charge on any atom is -0.360 e. The summed E-state index contributed by atoms with van der Waals surface area (Å²) in [6.07, 6.45) is 4.78. The number of hydrogen-bond acceptors (Lipinski definition) is 5. The smallest absolute Gasteiger partial charge is 0.237 e. The van der Waals surface area contributed by atoms with Crippen LogP contribution in [0.3, 0.4) is 0 Å². The number of aryl methyl sites for hydroxylation is 1. The van der Waals surface area contributed by atoms with Gasteiger partial charge in [0.25, 0.3) is 0 Å². The van der Waals surface area contributed by atoms with Crippen LogP contribution < -0.4 is 5.32 Å². The topological polar surface area (TPSA) is 61.6 Å². The molecule has 0 bridgehead atoms. The molecule has 2 heterocycles. The molecule has 1 saturated carbocycles. The van der Waals surface area contributed by atoms with Crippen LogP contribution in [-0.2, 0) is 11.3 Å². The van der Waals surface area contributed by atoms with E-state index in [0.717, 1.165) is 57.0 Å². The lowest BCUT2D eigenvalue weighted by molar-refractivity contribution is -0.127. The molecule has 0 radical (unpaired) electrons. The third-order valence-corrected chi connectivity index (χ3v) is 5.09. The quantitative estimate of drug-likeness (QED) is 0.892. The molecule has 23 heavy (non-hydrogen) atoms. The first-order chi connectivity index (χ1) is 11.1. The number of rotatable bonds is 5. The Kier molecular flexibility index (Phi) is 5.33. The van der Waals surface area contributed by atoms with Crippen molar-refractivity contribution < 1.29 is 9.32 Å². The van der Waals surface area contributed by atoms with Crippen molar-refractivity contribution >= 4 is 5.91 Å². The Bertz CT molecular complexity index is 516. The molecule has 6 nitrogen and oxygen atoms in total. The highest BCUT2D eigenvalue weighted by Crippen LogP contribution is 2.18. The lowest BCUT2D eigenvalue weighted by Crippen LogP contribution is -2.54. The first kappa shape index (κ1) is 16.5. The Balaban J connectivity index is 1.43. The van der Waals surface area contributed by atoms with Gasteiger partial charge in [-0.05, 0) is 26.7 Å². The highest BCUT2D eigenvalue weighted by molar-refractivity contribution is 5.81. The Morgan fingerprint density at radius 2 is 2.04 bits per heavy atom. The van der Waals surface area contributed by atoms with Gasteiger partial charge >= 0.3 is 0 Å². The molecule has 3 rings (SSSR count). The maximum Gasteiger partial charge on any atom is 0.237 e. The summed E-state index contributed by atoms with van der Waals surface area (Å²) >= 11 is 0. The van der Waals surface area contributed by atoms with E-state index in [-0.39, 0.29) is 11.9 Å². The van der Waals surface area contributed by atoms with Gasteiger partial charge in [-0.2, -0.15) is 0 Å². The summed E-state index contributed by atoms with van der Waals surface area (Å²) in [6.45, 7) is 8.53. The van der Waals surface area contributed by atoms with E-state index in [9.17, 15) is 4.79 Å². The van der Waals surface area contributed by atoms with Gasteiger partial charge < -0.3 is 9.84 Å². The monoisotopic (exact) mass is 320 g/mol. The van der Waals surface area contributed by atoms with Crippen LogP contribution in [0.25, 0.3) is 0 Å². The number of nitrogens with zero attached hydrogens (tertiary/aromatic N) is 3. The van der Waals surface area contributed by atoms with E-state index in [2.05, 4.69) is 20.3 Å². The summed E-state index contributed by atoms with van der Waals surface area (Å²) in [4.78, 5) is 17.0. The van der Waals surface area contributed by atoms with Gasteiger partial charge in [0, 0.05) is 38.3 Å². The molecule has 1 aliphatic carbocycles. The van der Waals surface area contributed by atoms with Gasteiger partial charge in [0.1, 0.15) is 0 Å². The fourth-order valence-corrected chi connectivity index (χ4v) is 3.58. The Morgan fingerprint density at radius 1 is 1.35 bits per heavy atom. The first-order valence-electron chi connectivity index (χ1n) is 8.81. The van der Waals surface area contributed by atoms with Crippen LogP contribution >= 0.6 is 0 Å². The second-order valence-corrected chi connectivity index (χ2v) is 6.91. The van der Waals surface area contributed by atoms with Crippen molar-refractivity contribution in [3.05, 3.63) is 17.5 Å². The molecule has 128 valence electrons. The van der Waals surface area contributed by atoms with Gasteiger partial charge in [0.15, 0.2) is 5.76 Å². The summed E-state index contributed by atoms with van der Waals surface area (Å²) in [6, 6.07) is 2.36. The molecule has 0 spiro atoms. The van der Waals surface area contributed by atoms with E-state index in [0.29, 0.717) is 6.04 Å². The maximum atomic E-state index is 12.4. The SMILES string of the molecule is Cc1cc(CN2CCN(C(C)C(=O)NC3CCCC3)CC2)on1. The van der Waals surface area contributed by atoms with Crippen molar-refractivity contribution in [2.75, 3.05) is 26.2 Å². The lowest BCUT2D eigenvalue weighted by atomic mass is 10.2. The molecule has 1 N–H and O–H groups in total. The Hall–Kier alpha value is -1.40. The fraction of sp³-hybridized carbons (Fsp3) is 0.765. The van der Waals surface area contributed by atoms with E-state index >= 15 is 0 Å². The molecule has 1 aromatic rings. The molecule has 2 fully saturated rings. The zero-order chi connectivity index (χ0) is 16.2. The predicted octanol–water partition coefficient (Wildman–Crippen LogP) is 1.55. The highest BCUT2D eigenvalue weighted by Gasteiger charge is 2.27. The van der Waals surface area contributed by atoms with E-state index in [4.69, 9.17) is 4.52 Å². The van der Waals surface area contributed by atoms with Crippen molar-refractivity contribution in [1.29, 1.82) is 0 Å². The van der Waals surface area contributed by atoms with Crippen LogP contribution in [0, 0.1) is 6.92 Å². The van der Waals surface area contributed by atoms with Crippen molar-refractivity contribution in [2.24, 2.45) is 0 Å². The maximum absolute atomic E-state index is 12.4. The molecule has 6 heteroatoms. The molecular formula is C17H28N4O2. The average molecular weight is 320 g/mol. The summed E-state index contributed by atoms with van der Waals surface area (Å²) in [5, 5.41) is 7.14. The lowest BCUT2D eigenvalue weighted by Gasteiger charge is -2.37. The summed E-state index contributed by atoms with van der Waals surface area (Å²) < 4.78 is 5.28. The summed E-state index contributed by atoms with van der Waals surface area (Å²) in [5.74, 6) is 1.11. The first-order valence-corrected chi connectivity index (χ1v) is 8.81. The number of hydrogen-bond donors (Lipinski definition) is 1. The van der Waals surface area contributed by atoms with Gasteiger partial charge in [0.2, 0.25) is 5.91 Å². The van der Waals surface area contributed by atoms with Crippen LogP contribution in [0.2, 0.25) is 0 Å². The van der Waals surface area contributed by atoms with Crippen LogP contribution in [0.4, 0.5) is 0 Å². The van der Waals surface area contributed by atoms with E-state index in [1.165, 1.54) is 12.8 Å². The van der Waals surface area contributed by atoms with Gasteiger partial charge in [-0.1, -0.05) is 18.0 Å². The number of amides is 1. The van der Waals surface area contributed by atoms with Crippen LogP contribution in [0.1, 0.15) is 44.1 Å². The third kappa shape index (κ3) is 4.32. The predicted molar refractivity (Wildman–Crippen MR) is 88.0 cm³/mol. The molecule has 1 saturated heterocycles. The molecular weight excluding hydrogens is 292 g/mol. The van der Waals surface area contributed by atoms with Gasteiger partial charge in [-0.15, -0.1) is 0 Å². The zero-order valence-electron chi connectivity index (χ0n) is 14.3. The number of carbonyl (C=O) groups is 1. The number of carbonyl (C=O) groups excluding carboxylic acids is 1. The normalized spacial score (nSPS) is 22.3. The molecule has 0 aromatic carbocycles. The van der Waals surface area contributed by atoms with Crippen LogP contribution in [0.5, 0.6) is 0 Å². The van der Waals surface area contributed by atoms with Crippen LogP contribution in [-0.4, -0.2) is 59.1 Å². The molecule has 1 unspecified atom stereocenters. The largest absolute Gasteiger partial charge is 0.360 e. The standard InChI is InChI=1S/C17H28N4O2/c1-13-11-16(23-19-13)12-20-7-9-21(10-8-20)14(2)17(22)18-15-5-3-4-6-15/h11,14-15H,3-10,12H2,1-2H3,(H,18,22). The van der Waals surface area contributed by atoms with Crippen molar-refractivity contribution in [1.82, 2.24) is 20.3 Å².